The Morgan fingerprint density at radius 3 is 2.61 bits per heavy atom. The molecule has 2 atom stereocenters. The number of hydrogen-bond acceptors (Lipinski definition) is 7. The van der Waals surface area contributed by atoms with Crippen LogP contribution in [-0.2, 0) is 6.42 Å². The Labute approximate surface area is 193 Å². The Hall–Kier alpha value is -3.26. The number of fused-ring (bicyclic) bond motifs is 1. The molecule has 33 heavy (non-hydrogen) atoms. The molecule has 1 aromatic carbocycles. The van der Waals surface area contributed by atoms with E-state index >= 15 is 4.39 Å². The van der Waals surface area contributed by atoms with Gasteiger partial charge in [0.1, 0.15) is 17.5 Å². The number of allylic oxidation sites excluding steroid dienone is 1. The number of aromatic nitrogens is 2. The van der Waals surface area contributed by atoms with Gasteiger partial charge in [-0.15, -0.1) is 0 Å². The number of amidine groups is 1. The Morgan fingerprint density at radius 1 is 1.09 bits per heavy atom. The maximum atomic E-state index is 15.2. The number of piperazine rings is 1. The van der Waals surface area contributed by atoms with Gasteiger partial charge in [0.05, 0.1) is 6.54 Å². The van der Waals surface area contributed by atoms with Crippen molar-refractivity contribution in [3.05, 3.63) is 52.4 Å². The van der Waals surface area contributed by atoms with E-state index in [9.17, 15) is 0 Å². The Bertz CT molecular complexity index is 1180. The average Bonchev–Trinajstić information content (AvgIpc) is 3.34. The summed E-state index contributed by atoms with van der Waals surface area (Å²) in [5.41, 5.74) is 3.87. The minimum atomic E-state index is -0.379. The molecule has 7 nitrogen and oxygen atoms in total. The minimum absolute atomic E-state index is 0.102. The highest BCUT2D eigenvalue weighted by atomic mass is 19.1. The second-order valence-electron chi connectivity index (χ2n) is 9.30. The van der Waals surface area contributed by atoms with E-state index in [0.29, 0.717) is 30.0 Å². The molecule has 0 radical (unpaired) electrons. The molecule has 2 aliphatic heterocycles. The number of aliphatic imine (C=N–C) groups is 1. The van der Waals surface area contributed by atoms with E-state index < -0.39 is 0 Å². The third-order valence-corrected chi connectivity index (χ3v) is 6.01. The summed E-state index contributed by atoms with van der Waals surface area (Å²) >= 11 is 0. The molecule has 0 unspecified atom stereocenters. The SMILES string of the molecule is CC1=CC(Nc2cc(N3C[C@@H](C)N[C@@H](C)C3)nc(Oc3ccc4c(c3F)C=C(C)C4)n2)=NC1. The van der Waals surface area contributed by atoms with Crippen LogP contribution in [0.1, 0.15) is 38.8 Å². The van der Waals surface area contributed by atoms with Gasteiger partial charge in [0.25, 0.3) is 0 Å². The molecular formula is C25H29FN6O. The smallest absolute Gasteiger partial charge is 0.326 e. The molecule has 3 heterocycles. The fraction of sp³-hybridized carbons (Fsp3) is 0.400. The van der Waals surface area contributed by atoms with Gasteiger partial charge in [-0.1, -0.05) is 17.7 Å². The normalized spacial score (nSPS) is 22.0. The summed E-state index contributed by atoms with van der Waals surface area (Å²) in [5, 5.41) is 6.79. The summed E-state index contributed by atoms with van der Waals surface area (Å²) in [7, 11) is 0. The molecule has 1 saturated heterocycles. The van der Waals surface area contributed by atoms with Gasteiger partial charge < -0.3 is 20.3 Å². The van der Waals surface area contributed by atoms with Crippen molar-refractivity contribution in [1.82, 2.24) is 15.3 Å². The molecule has 8 heteroatoms. The lowest BCUT2D eigenvalue weighted by Gasteiger charge is -2.37. The first kappa shape index (κ1) is 21.6. The number of hydrogen-bond donors (Lipinski definition) is 2. The van der Waals surface area contributed by atoms with Crippen molar-refractivity contribution < 1.29 is 9.13 Å². The second kappa shape index (κ2) is 8.59. The van der Waals surface area contributed by atoms with Crippen molar-refractivity contribution in [3.8, 4) is 11.8 Å². The van der Waals surface area contributed by atoms with Crippen molar-refractivity contribution in [1.29, 1.82) is 0 Å². The lowest BCUT2D eigenvalue weighted by Crippen LogP contribution is -2.54. The molecule has 2 N–H and O–H groups in total. The average molecular weight is 449 g/mol. The minimum Gasteiger partial charge on any atom is -0.421 e. The number of nitrogens with one attached hydrogen (secondary N) is 2. The van der Waals surface area contributed by atoms with Gasteiger partial charge in [0.2, 0.25) is 0 Å². The van der Waals surface area contributed by atoms with Gasteiger partial charge in [-0.05, 0) is 57.4 Å². The van der Waals surface area contributed by atoms with Crippen LogP contribution in [0.3, 0.4) is 0 Å². The van der Waals surface area contributed by atoms with E-state index in [4.69, 9.17) is 4.74 Å². The molecule has 0 bridgehead atoms. The van der Waals surface area contributed by atoms with Gasteiger partial charge >= 0.3 is 6.01 Å². The zero-order valence-electron chi connectivity index (χ0n) is 19.4. The van der Waals surface area contributed by atoms with Crippen LogP contribution in [0.25, 0.3) is 6.08 Å². The summed E-state index contributed by atoms with van der Waals surface area (Å²) in [5.74, 6) is 1.79. The summed E-state index contributed by atoms with van der Waals surface area (Å²) in [6.45, 7) is 10.6. The van der Waals surface area contributed by atoms with Crippen LogP contribution >= 0.6 is 0 Å². The highest BCUT2D eigenvalue weighted by Crippen LogP contribution is 2.34. The zero-order valence-corrected chi connectivity index (χ0v) is 19.4. The van der Waals surface area contributed by atoms with Crippen LogP contribution in [0.15, 0.2) is 40.4 Å². The highest BCUT2D eigenvalue weighted by molar-refractivity contribution is 6.05. The van der Waals surface area contributed by atoms with Gasteiger partial charge in [-0.2, -0.15) is 9.97 Å². The molecule has 1 aromatic heterocycles. The summed E-state index contributed by atoms with van der Waals surface area (Å²) in [6, 6.07) is 6.20. The molecule has 0 saturated carbocycles. The van der Waals surface area contributed by atoms with Crippen LogP contribution < -0.4 is 20.3 Å². The third kappa shape index (κ3) is 4.61. The molecule has 1 aliphatic carbocycles. The number of rotatable bonds is 4. The predicted molar refractivity (Wildman–Crippen MR) is 130 cm³/mol. The second-order valence-corrected chi connectivity index (χ2v) is 9.30. The van der Waals surface area contributed by atoms with Crippen molar-refractivity contribution in [3.63, 3.8) is 0 Å². The van der Waals surface area contributed by atoms with E-state index in [-0.39, 0.29) is 17.6 Å². The maximum Gasteiger partial charge on any atom is 0.326 e. The monoisotopic (exact) mass is 448 g/mol. The van der Waals surface area contributed by atoms with Gasteiger partial charge in [0, 0.05) is 36.8 Å². The first-order chi connectivity index (χ1) is 15.8. The van der Waals surface area contributed by atoms with Crippen molar-refractivity contribution in [2.24, 2.45) is 4.99 Å². The van der Waals surface area contributed by atoms with Crippen LogP contribution in [0.5, 0.6) is 11.8 Å². The maximum absolute atomic E-state index is 15.2. The van der Waals surface area contributed by atoms with Crippen LogP contribution in [0.4, 0.5) is 16.0 Å². The quantitative estimate of drug-likeness (QED) is 0.726. The standard InChI is InChI=1S/C25H29FN6O/c1-14-7-18-5-6-20(24(26)19(18)8-14)33-25-30-22(29-21-9-15(2)11-27-21)10-23(31-25)32-12-16(3)28-17(4)13-32/h5-6,8-10,16-17,28H,7,11-13H2,1-4H3,(H,27,29,30,31)/t16-,17+. The predicted octanol–water partition coefficient (Wildman–Crippen LogP) is 4.32. The molecule has 3 aliphatic rings. The van der Waals surface area contributed by atoms with E-state index in [1.807, 2.05) is 38.1 Å². The lowest BCUT2D eigenvalue weighted by molar-refractivity contribution is 0.396. The lowest BCUT2D eigenvalue weighted by atomic mass is 10.1. The zero-order chi connectivity index (χ0) is 23.1. The van der Waals surface area contributed by atoms with Crippen LogP contribution in [-0.4, -0.2) is 47.5 Å². The number of ether oxygens (including phenoxy) is 1. The molecular weight excluding hydrogens is 419 g/mol. The summed E-state index contributed by atoms with van der Waals surface area (Å²) in [4.78, 5) is 15.8. The van der Waals surface area contributed by atoms with E-state index in [0.717, 1.165) is 42.3 Å². The summed E-state index contributed by atoms with van der Waals surface area (Å²) < 4.78 is 21.1. The van der Waals surface area contributed by atoms with Crippen molar-refractivity contribution >= 4 is 23.5 Å². The number of benzene rings is 1. The van der Waals surface area contributed by atoms with Gasteiger partial charge in [0.15, 0.2) is 11.6 Å². The van der Waals surface area contributed by atoms with Crippen molar-refractivity contribution in [2.75, 3.05) is 29.9 Å². The number of halogens is 1. The van der Waals surface area contributed by atoms with E-state index in [1.54, 1.807) is 6.07 Å². The fourth-order valence-electron chi connectivity index (χ4n) is 4.64. The Balaban J connectivity index is 1.48. The number of anilines is 2. The molecule has 5 rings (SSSR count). The van der Waals surface area contributed by atoms with E-state index in [1.165, 1.54) is 5.57 Å². The van der Waals surface area contributed by atoms with Gasteiger partial charge in [-0.3, -0.25) is 4.99 Å². The fourth-order valence-corrected chi connectivity index (χ4v) is 4.64. The molecule has 172 valence electrons. The Kier molecular flexibility index (Phi) is 5.62. The first-order valence-corrected chi connectivity index (χ1v) is 11.4. The van der Waals surface area contributed by atoms with Crippen LogP contribution in [0, 0.1) is 5.82 Å². The van der Waals surface area contributed by atoms with Crippen LogP contribution in [0.2, 0.25) is 0 Å². The topological polar surface area (TPSA) is 74.7 Å². The molecule has 0 spiro atoms. The van der Waals surface area contributed by atoms with Gasteiger partial charge in [-0.25, -0.2) is 4.39 Å². The molecule has 2 aromatic rings. The molecule has 1 fully saturated rings. The Morgan fingerprint density at radius 2 is 1.88 bits per heavy atom. The first-order valence-electron chi connectivity index (χ1n) is 11.4. The van der Waals surface area contributed by atoms with Crippen molar-refractivity contribution in [2.45, 2.75) is 46.2 Å². The third-order valence-electron chi connectivity index (χ3n) is 6.01. The summed E-state index contributed by atoms with van der Waals surface area (Å²) in [6.07, 6.45) is 4.63. The number of nitrogens with zero attached hydrogens (tertiary/aromatic N) is 4. The largest absolute Gasteiger partial charge is 0.421 e. The molecule has 0 amide bonds. The van der Waals surface area contributed by atoms with E-state index in [2.05, 4.69) is 44.3 Å². The highest BCUT2D eigenvalue weighted by Gasteiger charge is 2.24.